The summed E-state index contributed by atoms with van der Waals surface area (Å²) < 4.78 is 18.1. The number of rotatable bonds is 3. The van der Waals surface area contributed by atoms with Gasteiger partial charge in [-0.25, -0.2) is 9.18 Å². The first kappa shape index (κ1) is 11.0. The van der Waals surface area contributed by atoms with E-state index in [1.807, 2.05) is 0 Å². The van der Waals surface area contributed by atoms with Gasteiger partial charge in [0.25, 0.3) is 5.88 Å². The molecule has 0 aliphatic rings. The molecule has 2 rings (SSSR count). The predicted molar refractivity (Wildman–Crippen MR) is 55.5 cm³/mol. The lowest BCUT2D eigenvalue weighted by Gasteiger charge is -2.05. The lowest BCUT2D eigenvalue weighted by molar-refractivity contribution is 0.0693. The van der Waals surface area contributed by atoms with Crippen LogP contribution in [0.5, 0.6) is 11.6 Å². The summed E-state index contributed by atoms with van der Waals surface area (Å²) in [6, 6.07) is 6.57. The van der Waals surface area contributed by atoms with Gasteiger partial charge in [0, 0.05) is 6.07 Å². The summed E-state index contributed by atoms with van der Waals surface area (Å²) in [7, 11) is 0. The Labute approximate surface area is 95.5 Å². The first-order valence-corrected chi connectivity index (χ1v) is 4.65. The normalized spacial score (nSPS) is 9.94. The summed E-state index contributed by atoms with van der Waals surface area (Å²) in [5.74, 6) is -1.69. The highest BCUT2D eigenvalue weighted by Crippen LogP contribution is 2.22. The van der Waals surface area contributed by atoms with Crippen LogP contribution >= 0.6 is 0 Å². The second-order valence-electron chi connectivity index (χ2n) is 3.11. The van der Waals surface area contributed by atoms with Crippen LogP contribution in [-0.2, 0) is 0 Å². The molecule has 0 radical (unpaired) electrons. The number of nitrogens with zero attached hydrogens (tertiary/aromatic N) is 2. The highest BCUT2D eigenvalue weighted by Gasteiger charge is 2.13. The Morgan fingerprint density at radius 3 is 2.88 bits per heavy atom. The van der Waals surface area contributed by atoms with Gasteiger partial charge in [0.05, 0.1) is 6.20 Å². The van der Waals surface area contributed by atoms with Crippen LogP contribution in [0.3, 0.4) is 0 Å². The number of aromatic carboxylic acids is 1. The Morgan fingerprint density at radius 2 is 2.18 bits per heavy atom. The van der Waals surface area contributed by atoms with Crippen molar-refractivity contribution in [2.24, 2.45) is 0 Å². The minimum atomic E-state index is -1.19. The quantitative estimate of drug-likeness (QED) is 0.880. The highest BCUT2D eigenvalue weighted by molar-refractivity contribution is 5.90. The van der Waals surface area contributed by atoms with Gasteiger partial charge in [-0.15, -0.1) is 5.10 Å². The van der Waals surface area contributed by atoms with Gasteiger partial charge in [0.1, 0.15) is 17.1 Å². The van der Waals surface area contributed by atoms with Crippen molar-refractivity contribution in [3.05, 3.63) is 47.9 Å². The zero-order valence-corrected chi connectivity index (χ0v) is 8.50. The van der Waals surface area contributed by atoms with Gasteiger partial charge in [0.15, 0.2) is 0 Å². The van der Waals surface area contributed by atoms with Crippen molar-refractivity contribution in [1.82, 2.24) is 10.2 Å². The number of carboxylic acids is 1. The monoisotopic (exact) mass is 234 g/mol. The van der Waals surface area contributed by atoms with Gasteiger partial charge in [-0.2, -0.15) is 5.10 Å². The summed E-state index contributed by atoms with van der Waals surface area (Å²) in [4.78, 5) is 10.9. The molecule has 0 atom stereocenters. The fourth-order valence-electron chi connectivity index (χ4n) is 1.20. The molecule has 0 unspecified atom stereocenters. The second-order valence-corrected chi connectivity index (χ2v) is 3.11. The number of carboxylic acid groups (broad SMARTS) is 1. The molecule has 6 heteroatoms. The van der Waals surface area contributed by atoms with Crippen LogP contribution in [0.1, 0.15) is 10.4 Å². The van der Waals surface area contributed by atoms with E-state index >= 15 is 0 Å². The molecule has 0 aliphatic heterocycles. The largest absolute Gasteiger partial charge is 0.477 e. The summed E-state index contributed by atoms with van der Waals surface area (Å²) in [6.07, 6.45) is 1.24. The number of ether oxygens (including phenoxy) is 1. The van der Waals surface area contributed by atoms with Crippen LogP contribution in [0.2, 0.25) is 0 Å². The second kappa shape index (κ2) is 4.56. The molecule has 1 heterocycles. The number of carbonyl (C=O) groups is 1. The van der Waals surface area contributed by atoms with Crippen LogP contribution in [-0.4, -0.2) is 21.3 Å². The molecule has 5 nitrogen and oxygen atoms in total. The molecule has 2 aromatic rings. The fraction of sp³-hybridized carbons (Fsp3) is 0. The molecule has 0 saturated heterocycles. The van der Waals surface area contributed by atoms with Crippen LogP contribution in [0.15, 0.2) is 36.5 Å². The lowest BCUT2D eigenvalue weighted by Crippen LogP contribution is -2.02. The molecule has 1 aromatic carbocycles. The van der Waals surface area contributed by atoms with Gasteiger partial charge < -0.3 is 9.84 Å². The molecule has 1 N–H and O–H groups in total. The number of hydrogen-bond acceptors (Lipinski definition) is 4. The van der Waals surface area contributed by atoms with E-state index in [9.17, 15) is 9.18 Å². The molecule has 0 saturated carbocycles. The van der Waals surface area contributed by atoms with E-state index in [4.69, 9.17) is 9.84 Å². The van der Waals surface area contributed by atoms with Gasteiger partial charge >= 0.3 is 5.97 Å². The van der Waals surface area contributed by atoms with Crippen molar-refractivity contribution in [3.63, 3.8) is 0 Å². The highest BCUT2D eigenvalue weighted by atomic mass is 19.1. The standard InChI is InChI=1S/C11H7FN2O3/c12-7-2-1-3-8(6-7)17-10-9(11(15)16)4-5-13-14-10/h1-6H,(H,15,16). The molecule has 17 heavy (non-hydrogen) atoms. The number of benzene rings is 1. The summed E-state index contributed by atoms with van der Waals surface area (Å²) in [5, 5.41) is 15.9. The Hall–Kier alpha value is -2.50. The van der Waals surface area contributed by atoms with E-state index in [1.165, 1.54) is 30.5 Å². The molecule has 86 valence electrons. The van der Waals surface area contributed by atoms with E-state index in [1.54, 1.807) is 0 Å². The lowest BCUT2D eigenvalue weighted by atomic mass is 10.3. The van der Waals surface area contributed by atoms with Crippen molar-refractivity contribution in [2.45, 2.75) is 0 Å². The average Bonchev–Trinajstić information content (AvgIpc) is 2.29. The summed E-state index contributed by atoms with van der Waals surface area (Å²) in [6.45, 7) is 0. The van der Waals surface area contributed by atoms with Crippen LogP contribution < -0.4 is 4.74 Å². The van der Waals surface area contributed by atoms with Crippen LogP contribution in [0.4, 0.5) is 4.39 Å². The predicted octanol–water partition coefficient (Wildman–Crippen LogP) is 2.11. The summed E-state index contributed by atoms with van der Waals surface area (Å²) in [5.41, 5.74) is -0.135. The maximum absolute atomic E-state index is 12.9. The minimum Gasteiger partial charge on any atom is -0.477 e. The number of aromatic nitrogens is 2. The zero-order valence-electron chi connectivity index (χ0n) is 8.50. The molecular weight excluding hydrogens is 227 g/mol. The van der Waals surface area contributed by atoms with Gasteiger partial charge in [-0.3, -0.25) is 0 Å². The Morgan fingerprint density at radius 1 is 1.35 bits per heavy atom. The Balaban J connectivity index is 2.33. The third-order valence-electron chi connectivity index (χ3n) is 1.93. The van der Waals surface area contributed by atoms with E-state index in [0.29, 0.717) is 0 Å². The Bertz CT molecular complexity index is 560. The van der Waals surface area contributed by atoms with E-state index in [0.717, 1.165) is 6.07 Å². The van der Waals surface area contributed by atoms with Gasteiger partial charge in [0.2, 0.25) is 0 Å². The molecular formula is C11H7FN2O3. The molecule has 1 aromatic heterocycles. The zero-order chi connectivity index (χ0) is 12.3. The molecule has 0 bridgehead atoms. The smallest absolute Gasteiger partial charge is 0.341 e. The minimum absolute atomic E-state index is 0.135. The molecule has 0 fully saturated rings. The van der Waals surface area contributed by atoms with Gasteiger partial charge in [-0.05, 0) is 18.2 Å². The van der Waals surface area contributed by atoms with Crippen LogP contribution in [0.25, 0.3) is 0 Å². The third kappa shape index (κ3) is 2.54. The SMILES string of the molecule is O=C(O)c1ccnnc1Oc1cccc(F)c1. The maximum atomic E-state index is 12.9. The van der Waals surface area contributed by atoms with Crippen molar-refractivity contribution in [1.29, 1.82) is 0 Å². The topological polar surface area (TPSA) is 72.3 Å². The van der Waals surface area contributed by atoms with E-state index in [2.05, 4.69) is 10.2 Å². The Kier molecular flexibility index (Phi) is 2.95. The van der Waals surface area contributed by atoms with Crippen molar-refractivity contribution >= 4 is 5.97 Å². The van der Waals surface area contributed by atoms with Crippen molar-refractivity contribution < 1.29 is 19.0 Å². The maximum Gasteiger partial charge on any atom is 0.341 e. The van der Waals surface area contributed by atoms with Gasteiger partial charge in [-0.1, -0.05) is 6.07 Å². The number of halogens is 1. The average molecular weight is 234 g/mol. The van der Waals surface area contributed by atoms with Crippen LogP contribution in [0, 0.1) is 5.82 Å². The molecule has 0 spiro atoms. The van der Waals surface area contributed by atoms with E-state index in [-0.39, 0.29) is 17.2 Å². The fourth-order valence-corrected chi connectivity index (χ4v) is 1.20. The molecule has 0 amide bonds. The third-order valence-corrected chi connectivity index (χ3v) is 1.93. The summed E-state index contributed by atoms with van der Waals surface area (Å²) >= 11 is 0. The van der Waals surface area contributed by atoms with Crippen molar-refractivity contribution in [3.8, 4) is 11.6 Å². The van der Waals surface area contributed by atoms with E-state index < -0.39 is 11.8 Å². The number of hydrogen-bond donors (Lipinski definition) is 1. The first-order valence-electron chi connectivity index (χ1n) is 4.65. The van der Waals surface area contributed by atoms with Crippen molar-refractivity contribution in [2.75, 3.05) is 0 Å². The first-order chi connectivity index (χ1) is 8.16. The molecule has 0 aliphatic carbocycles.